The number of carbonyl (C=O) groups excluding carboxylic acids is 3. The van der Waals surface area contributed by atoms with Crippen molar-refractivity contribution in [2.45, 2.75) is 270 Å². The maximum Gasteiger partial charge on any atom is 0.338 e. The van der Waals surface area contributed by atoms with Gasteiger partial charge in [-0.1, -0.05) is 275 Å². The Bertz CT molecular complexity index is 8250. The van der Waals surface area contributed by atoms with Gasteiger partial charge in [-0.25, -0.2) is 39.5 Å². The van der Waals surface area contributed by atoms with Crippen LogP contribution in [0.4, 0.5) is 0 Å². The van der Waals surface area contributed by atoms with Crippen LogP contribution in [-0.2, 0) is 82.7 Å². The van der Waals surface area contributed by atoms with Gasteiger partial charge in [0.2, 0.25) is 0 Å². The van der Waals surface area contributed by atoms with Crippen molar-refractivity contribution in [1.29, 1.82) is 0 Å². The van der Waals surface area contributed by atoms with Crippen molar-refractivity contribution in [2.24, 2.45) is 59.2 Å². The molecule has 16 bridgehead atoms. The normalized spacial score (nSPS) is 26.1. The van der Waals surface area contributed by atoms with Crippen LogP contribution in [0.15, 0.2) is 158 Å². The van der Waals surface area contributed by atoms with Gasteiger partial charge in [-0.05, 0) is 272 Å². The molecule has 2 N–H and O–H groups in total. The van der Waals surface area contributed by atoms with Crippen LogP contribution in [0, 0.1) is 59.2 Å². The number of Topliss-reactive ketones (excluding diaryl/α,β-unsaturated/α-hetero) is 1. The highest BCUT2D eigenvalue weighted by atomic mass is 16.6. The number of rotatable bonds is 6. The fourth-order valence-corrected chi connectivity index (χ4v) is 31.6. The van der Waals surface area contributed by atoms with Crippen molar-refractivity contribution in [1.82, 2.24) is 49.8 Å². The van der Waals surface area contributed by atoms with Crippen molar-refractivity contribution in [2.75, 3.05) is 14.2 Å². The van der Waals surface area contributed by atoms with Gasteiger partial charge in [0.1, 0.15) is 11.0 Å². The Hall–Kier alpha value is -13.1. The smallest absolute Gasteiger partial charge is 0.338 e. The summed E-state index contributed by atoms with van der Waals surface area (Å²) in [5, 5.41) is 4.27. The average molecular weight is 1940 g/mol. The topological polar surface area (TPSA) is 214 Å². The van der Waals surface area contributed by atoms with Gasteiger partial charge in [0.25, 0.3) is 0 Å². The van der Waals surface area contributed by atoms with E-state index in [1.165, 1.54) is 75.2 Å². The number of H-pyrrole nitrogens is 2. The molecule has 147 heavy (non-hydrogen) atoms. The summed E-state index contributed by atoms with van der Waals surface area (Å²) in [7, 11) is 3.00. The van der Waals surface area contributed by atoms with Crippen LogP contribution in [0.1, 0.15) is 294 Å². The highest BCUT2D eigenvalue weighted by Gasteiger charge is 2.94. The molecule has 8 aromatic carbocycles. The molecule has 4 aliphatic heterocycles. The fraction of sp³-hybridized carbons (Fsp3) is 0.412. The molecule has 11 heterocycles. The number of carbonyl (C=O) groups is 3. The van der Waals surface area contributed by atoms with Gasteiger partial charge in [0.05, 0.1) is 103 Å². The number of pyridine rings is 2. The maximum absolute atomic E-state index is 16.3. The second-order valence-electron chi connectivity index (χ2n) is 54.4. The molecule has 8 aliphatic carbocycles. The van der Waals surface area contributed by atoms with E-state index in [2.05, 4.69) is 348 Å². The summed E-state index contributed by atoms with van der Waals surface area (Å²) in [6.45, 7) is 60.0. The SMILES string of the molecule is COC(=O)[C@@]12O[C@@](C(=O)OC)(C3C1[C@@H]1C[C@H]3C3c4ccc5c6c(ccc(c46)C31)-c1nc3cc4nc6c7[nH]c(c(-c8cc(C(C)(C)C)cc(C(C)(C)C)c8)c8nc(c(-c9cc(C(C)(C)C)cc(C(C)(C)C)c9)c9ccc([nH]9)c(-c9cc(C(C)(C)C)cc(C(C)(C)C)c9)c9nc(c7-c7cc(C(C)(C)C)cc(C(C)(C)C)c7)C=C9)C=C8)c6nc4cc3nc1-5)C1C2[C@H]2C[C@@H]1C1C2[C@@]2(C)C(=O)[C@]1(C)c1c2c2cccnc2c2ncccc12. The van der Waals surface area contributed by atoms with E-state index < -0.39 is 45.8 Å². The van der Waals surface area contributed by atoms with Crippen molar-refractivity contribution in [3.8, 4) is 67.0 Å². The lowest BCUT2D eigenvalue weighted by Gasteiger charge is -2.56. The Kier molecular flexibility index (Phi) is 18.5. The van der Waals surface area contributed by atoms with E-state index in [1.54, 1.807) is 0 Å². The van der Waals surface area contributed by atoms with Crippen LogP contribution in [-0.4, -0.2) is 93.0 Å². The number of nitrogens with one attached hydrogen (secondary N) is 2. The lowest BCUT2D eigenvalue weighted by atomic mass is 9.44. The Morgan fingerprint density at radius 1 is 0.347 bits per heavy atom. The van der Waals surface area contributed by atoms with Crippen LogP contribution >= 0.6 is 0 Å². The molecule has 5 saturated carbocycles. The minimum atomic E-state index is -1.48. The van der Waals surface area contributed by atoms with E-state index >= 15 is 14.4 Å². The lowest BCUT2D eigenvalue weighted by molar-refractivity contribution is -0.188. The van der Waals surface area contributed by atoms with Gasteiger partial charge in [0, 0.05) is 96.6 Å². The standard InChI is InChI=1S/C131H132N10O6/c1-120(2,3)65-45-61(46-66(53-65)121(4,5)6)93-83-37-38-84(134-83)94(62-47-67(122(7,8)9)54-68(48-62)123(10,11)12)86-40-42-88(136-86)96(64-51-71(126(19,20)21)56-72(52-64)127(22,23)24)114-116-115(113(141-114)95(87-41-39-85(93)135-87)63-49-69(124(13,14)15)55-70(50-63)125(16,17)18)139-91-59-89-90(60-92(91)140-116)138-112-76-36-34-74-97-73(33-35-75(100(76)97)111(112)137-89)98-79-57-80(99(74)98)106-105(79)130(118(143)145-27)107-81-58-82(108(107)131(106,147-130)119(144)146-28)104-103(81)128(25)101-77-31-29-43-132-109(77)110-78(32-30-44-133-110)102(101)129(104,26)117(128)142/h29-56,59-60,79-82,98-99,103-108,134,141H,57-58H2,1-28H3/t79-,80+,81+,82-,98?,99?,103?,104?,105?,106?,107?,108?,128+,129-,130-,131+. The Morgan fingerprint density at radius 3 is 0.993 bits per heavy atom. The number of hydrogen-bond acceptors (Lipinski definition) is 14. The molecule has 0 radical (unpaired) electrons. The molecule has 8 unspecified atom stereocenters. The number of aromatic nitrogens is 10. The van der Waals surface area contributed by atoms with Crippen molar-refractivity contribution in [3.05, 3.63) is 248 Å². The quantitative estimate of drug-likeness (QED) is 0.0686. The first-order valence-corrected chi connectivity index (χ1v) is 53.6. The number of benzene rings is 8. The summed E-state index contributed by atoms with van der Waals surface area (Å²) >= 11 is 0. The molecule has 742 valence electrons. The second kappa shape index (κ2) is 29.3. The summed E-state index contributed by atoms with van der Waals surface area (Å²) in [5.74, 6) is -2.76. The van der Waals surface area contributed by atoms with Crippen LogP contribution in [0.5, 0.6) is 0 Å². The number of esters is 2. The molecule has 16 nitrogen and oxygen atoms in total. The first kappa shape index (κ1) is 92.5. The predicted octanol–water partition coefficient (Wildman–Crippen LogP) is 29.5. The van der Waals surface area contributed by atoms with Crippen LogP contribution in [0.2, 0.25) is 0 Å². The van der Waals surface area contributed by atoms with Gasteiger partial charge in [0.15, 0.2) is 17.0 Å². The number of ketones is 1. The first-order chi connectivity index (χ1) is 69.3. The van der Waals surface area contributed by atoms with E-state index in [4.69, 9.17) is 54.1 Å². The number of ether oxygens (including phenoxy) is 3. The van der Waals surface area contributed by atoms with Crippen molar-refractivity contribution >= 4 is 130 Å². The minimum absolute atomic E-state index is 0.00499. The van der Waals surface area contributed by atoms with Crippen LogP contribution < -0.4 is 0 Å². The van der Waals surface area contributed by atoms with E-state index in [-0.39, 0.29) is 108 Å². The van der Waals surface area contributed by atoms with Gasteiger partial charge in [-0.3, -0.25) is 14.8 Å². The zero-order chi connectivity index (χ0) is 103. The van der Waals surface area contributed by atoms with Gasteiger partial charge in [-0.2, -0.15) is 0 Å². The zero-order valence-corrected chi connectivity index (χ0v) is 90.2. The lowest BCUT2D eigenvalue weighted by Crippen LogP contribution is -2.64. The summed E-state index contributed by atoms with van der Waals surface area (Å²) in [4.78, 5) is 103. The second-order valence-corrected chi connectivity index (χ2v) is 54.4. The molecule has 16 atom stereocenters. The molecule has 2 saturated heterocycles. The Balaban J connectivity index is 0.687. The van der Waals surface area contributed by atoms with Gasteiger partial charge >= 0.3 is 11.9 Å². The third-order valence-corrected chi connectivity index (χ3v) is 38.1. The molecule has 7 fully saturated rings. The molecule has 15 aromatic rings. The first-order valence-electron chi connectivity index (χ1n) is 53.6. The van der Waals surface area contributed by atoms with Gasteiger partial charge < -0.3 is 24.2 Å². The van der Waals surface area contributed by atoms with Crippen molar-refractivity contribution in [3.63, 3.8) is 0 Å². The highest BCUT2D eigenvalue weighted by molar-refractivity contribution is 6.21. The number of hydrogen-bond donors (Lipinski definition) is 2. The molecule has 27 rings (SSSR count). The molecule has 16 heteroatoms. The summed E-state index contributed by atoms with van der Waals surface area (Å²) in [5.41, 5.74) is 31.2. The Labute approximate surface area is 860 Å². The average Bonchev–Trinajstić information content (AvgIpc) is 1.42. The summed E-state index contributed by atoms with van der Waals surface area (Å²) in [6.07, 6.45) is 14.2. The number of aromatic amines is 2. The molecule has 12 aliphatic rings. The van der Waals surface area contributed by atoms with E-state index in [0.29, 0.717) is 33.1 Å². The van der Waals surface area contributed by atoms with Crippen LogP contribution in [0.3, 0.4) is 0 Å². The van der Waals surface area contributed by atoms with E-state index in [1.807, 2.05) is 24.5 Å². The Morgan fingerprint density at radius 2 is 0.660 bits per heavy atom. The van der Waals surface area contributed by atoms with Crippen molar-refractivity contribution < 1.29 is 28.6 Å². The van der Waals surface area contributed by atoms with E-state index in [9.17, 15) is 0 Å². The third kappa shape index (κ3) is 12.2. The maximum atomic E-state index is 16.3. The molecular formula is C131H132N10O6. The minimum Gasteiger partial charge on any atom is -0.467 e. The zero-order valence-electron chi connectivity index (χ0n) is 90.2. The van der Waals surface area contributed by atoms with Crippen LogP contribution in [0.25, 0.3) is 179 Å². The summed E-state index contributed by atoms with van der Waals surface area (Å²) < 4.78 is 20.3. The monoisotopic (exact) mass is 1940 g/mol. The predicted molar refractivity (Wildman–Crippen MR) is 593 cm³/mol. The molecule has 7 aromatic heterocycles. The highest BCUT2D eigenvalue weighted by Crippen LogP contribution is 2.88. The molecule has 0 spiro atoms. The number of methoxy groups -OCH3 is 2. The number of nitrogens with zero attached hydrogens (tertiary/aromatic N) is 8. The van der Waals surface area contributed by atoms with E-state index in [0.717, 1.165) is 163 Å². The number of fused-ring (bicyclic) bond motifs is 52. The molecular weight excluding hydrogens is 1810 g/mol. The largest absolute Gasteiger partial charge is 0.467 e. The third-order valence-electron chi connectivity index (χ3n) is 38.1. The molecule has 0 amide bonds. The van der Waals surface area contributed by atoms with Gasteiger partial charge in [-0.15, -0.1) is 0 Å². The fourth-order valence-electron chi connectivity index (χ4n) is 31.6. The summed E-state index contributed by atoms with van der Waals surface area (Å²) in [6, 6.07) is 55.2.